The first-order chi connectivity index (χ1) is 10.7. The summed E-state index contributed by atoms with van der Waals surface area (Å²) in [7, 11) is 1.37. The third-order valence-electron chi connectivity index (χ3n) is 3.12. The van der Waals surface area contributed by atoms with Crippen molar-refractivity contribution in [3.8, 4) is 0 Å². The van der Waals surface area contributed by atoms with Crippen LogP contribution in [-0.4, -0.2) is 27.4 Å². The molecule has 0 saturated carbocycles. The van der Waals surface area contributed by atoms with Crippen LogP contribution in [0, 0.1) is 10.1 Å². The number of nitro groups is 1. The number of aromatic nitrogens is 2. The van der Waals surface area contributed by atoms with E-state index in [0.29, 0.717) is 0 Å². The summed E-state index contributed by atoms with van der Waals surface area (Å²) < 4.78 is 38.5. The number of hydrogen-bond acceptors (Lipinski definition) is 4. The molecule has 7 nitrogen and oxygen atoms in total. The Labute approximate surface area is 128 Å². The Balaban J connectivity index is 2.13. The SMILES string of the molecule is CN(C(=O)Cn1ccnc1[N+](=O)[O-])c1ccc(C(F)(F)F)cc1. The predicted molar refractivity (Wildman–Crippen MR) is 73.7 cm³/mol. The summed E-state index contributed by atoms with van der Waals surface area (Å²) in [6.45, 7) is -0.353. The van der Waals surface area contributed by atoms with E-state index in [9.17, 15) is 28.1 Å². The number of anilines is 1. The molecule has 2 aromatic rings. The van der Waals surface area contributed by atoms with Gasteiger partial charge >= 0.3 is 12.1 Å². The summed E-state index contributed by atoms with van der Waals surface area (Å²) in [5.74, 6) is -1.02. The standard InChI is InChI=1S/C13H11F3N4O3/c1-18(10-4-2-9(3-5-10)13(14,15)16)11(21)8-19-7-6-17-12(19)20(22)23/h2-7H,8H2,1H3. The number of hydrogen-bond donors (Lipinski definition) is 0. The fraction of sp³-hybridized carbons (Fsp3) is 0.231. The second-order valence-corrected chi connectivity index (χ2v) is 4.61. The van der Waals surface area contributed by atoms with E-state index in [1.807, 2.05) is 0 Å². The molecule has 0 fully saturated rings. The van der Waals surface area contributed by atoms with Crippen LogP contribution in [0.25, 0.3) is 0 Å². The number of rotatable bonds is 4. The minimum absolute atomic E-state index is 0.241. The van der Waals surface area contributed by atoms with Crippen molar-refractivity contribution in [2.75, 3.05) is 11.9 Å². The quantitative estimate of drug-likeness (QED) is 0.638. The van der Waals surface area contributed by atoms with E-state index in [4.69, 9.17) is 0 Å². The Kier molecular flexibility index (Phi) is 4.34. The Morgan fingerprint density at radius 1 is 1.35 bits per heavy atom. The average Bonchev–Trinajstić information content (AvgIpc) is 2.94. The fourth-order valence-electron chi connectivity index (χ4n) is 1.87. The zero-order chi connectivity index (χ0) is 17.2. The molecule has 0 atom stereocenters. The third kappa shape index (κ3) is 3.65. The van der Waals surface area contributed by atoms with Crippen LogP contribution in [0.5, 0.6) is 0 Å². The largest absolute Gasteiger partial charge is 0.435 e. The Morgan fingerprint density at radius 2 is 1.96 bits per heavy atom. The maximum absolute atomic E-state index is 12.5. The van der Waals surface area contributed by atoms with E-state index in [1.54, 1.807) is 0 Å². The Bertz CT molecular complexity index is 725. The number of alkyl halides is 3. The molecule has 1 aromatic carbocycles. The second kappa shape index (κ2) is 6.07. The summed E-state index contributed by atoms with van der Waals surface area (Å²) in [6.07, 6.45) is -2.00. The lowest BCUT2D eigenvalue weighted by Gasteiger charge is -2.17. The number of likely N-dealkylation sites (N-methyl/N-ethyl adjacent to an activating group) is 1. The molecule has 0 saturated heterocycles. The molecule has 0 aliphatic rings. The van der Waals surface area contributed by atoms with Gasteiger partial charge in [0.2, 0.25) is 0 Å². The summed E-state index contributed by atoms with van der Waals surface area (Å²) in [5.41, 5.74) is -0.585. The summed E-state index contributed by atoms with van der Waals surface area (Å²) >= 11 is 0. The van der Waals surface area contributed by atoms with Crippen LogP contribution in [0.15, 0.2) is 36.7 Å². The van der Waals surface area contributed by atoms with Gasteiger partial charge in [0.25, 0.3) is 5.91 Å². The Hall–Kier alpha value is -2.91. The van der Waals surface area contributed by atoms with Crippen molar-refractivity contribution < 1.29 is 22.9 Å². The van der Waals surface area contributed by atoms with E-state index >= 15 is 0 Å². The van der Waals surface area contributed by atoms with E-state index in [-0.39, 0.29) is 12.2 Å². The van der Waals surface area contributed by atoms with E-state index < -0.39 is 28.5 Å². The van der Waals surface area contributed by atoms with Gasteiger partial charge in [0.05, 0.1) is 5.56 Å². The van der Waals surface area contributed by atoms with Crippen molar-refractivity contribution in [3.63, 3.8) is 0 Å². The summed E-state index contributed by atoms with van der Waals surface area (Å²) in [4.78, 5) is 26.7. The number of carbonyl (C=O) groups is 1. The predicted octanol–water partition coefficient (Wildman–Crippen LogP) is 2.47. The lowest BCUT2D eigenvalue weighted by molar-refractivity contribution is -0.396. The van der Waals surface area contributed by atoms with Gasteiger partial charge in [0, 0.05) is 12.7 Å². The van der Waals surface area contributed by atoms with Crippen molar-refractivity contribution >= 4 is 17.5 Å². The van der Waals surface area contributed by atoms with Gasteiger partial charge in [0.15, 0.2) is 6.54 Å². The first-order valence-corrected chi connectivity index (χ1v) is 6.29. The molecule has 2 rings (SSSR count). The maximum Gasteiger partial charge on any atom is 0.435 e. The van der Waals surface area contributed by atoms with E-state index in [1.165, 1.54) is 19.4 Å². The molecule has 10 heteroatoms. The number of nitrogens with zero attached hydrogens (tertiary/aromatic N) is 4. The van der Waals surface area contributed by atoms with Crippen LogP contribution in [0.3, 0.4) is 0 Å². The molecule has 0 unspecified atom stereocenters. The number of benzene rings is 1. The van der Waals surface area contributed by atoms with E-state index in [0.717, 1.165) is 33.7 Å². The zero-order valence-electron chi connectivity index (χ0n) is 11.8. The second-order valence-electron chi connectivity index (χ2n) is 4.61. The molecular weight excluding hydrogens is 317 g/mol. The van der Waals surface area contributed by atoms with Crippen LogP contribution in [-0.2, 0) is 17.5 Å². The van der Waals surface area contributed by atoms with E-state index in [2.05, 4.69) is 4.98 Å². The van der Waals surface area contributed by atoms with Crippen molar-refractivity contribution in [1.29, 1.82) is 0 Å². The maximum atomic E-state index is 12.5. The van der Waals surface area contributed by atoms with Crippen LogP contribution in [0.1, 0.15) is 5.56 Å². The highest BCUT2D eigenvalue weighted by Gasteiger charge is 2.30. The zero-order valence-corrected chi connectivity index (χ0v) is 11.8. The molecule has 1 heterocycles. The lowest BCUT2D eigenvalue weighted by Crippen LogP contribution is -2.30. The normalized spacial score (nSPS) is 11.3. The van der Waals surface area contributed by atoms with Crippen LogP contribution < -0.4 is 4.90 Å². The van der Waals surface area contributed by atoms with Gasteiger partial charge in [-0.05, 0) is 29.2 Å². The molecule has 122 valence electrons. The molecule has 0 bridgehead atoms. The van der Waals surface area contributed by atoms with Crippen LogP contribution in [0.4, 0.5) is 24.8 Å². The number of amides is 1. The van der Waals surface area contributed by atoms with Gasteiger partial charge in [-0.1, -0.05) is 4.98 Å². The van der Waals surface area contributed by atoms with Crippen molar-refractivity contribution in [3.05, 3.63) is 52.3 Å². The Morgan fingerprint density at radius 3 is 2.48 bits per heavy atom. The average molecular weight is 328 g/mol. The molecular formula is C13H11F3N4O3. The van der Waals surface area contributed by atoms with Crippen molar-refractivity contribution in [2.45, 2.75) is 12.7 Å². The summed E-state index contributed by atoms with van der Waals surface area (Å²) in [6, 6.07) is 4.03. The minimum Gasteiger partial charge on any atom is -0.390 e. The molecule has 1 amide bonds. The first kappa shape index (κ1) is 16.5. The molecule has 0 radical (unpaired) electrons. The number of imidazole rings is 1. The highest BCUT2D eigenvalue weighted by Crippen LogP contribution is 2.30. The topological polar surface area (TPSA) is 81.3 Å². The summed E-state index contributed by atoms with van der Waals surface area (Å²) in [5, 5.41) is 10.7. The number of halogens is 3. The highest BCUT2D eigenvalue weighted by atomic mass is 19.4. The van der Waals surface area contributed by atoms with Crippen LogP contribution >= 0.6 is 0 Å². The van der Waals surface area contributed by atoms with Gasteiger partial charge in [-0.2, -0.15) is 13.2 Å². The van der Waals surface area contributed by atoms with Gasteiger partial charge < -0.3 is 15.0 Å². The van der Waals surface area contributed by atoms with Gasteiger partial charge in [-0.3, -0.25) is 4.79 Å². The molecule has 0 spiro atoms. The van der Waals surface area contributed by atoms with Gasteiger partial charge in [0.1, 0.15) is 12.4 Å². The molecule has 0 aliphatic heterocycles. The molecule has 0 N–H and O–H groups in total. The molecule has 1 aromatic heterocycles. The fourth-order valence-corrected chi connectivity index (χ4v) is 1.87. The third-order valence-corrected chi connectivity index (χ3v) is 3.12. The minimum atomic E-state index is -4.46. The van der Waals surface area contributed by atoms with Crippen molar-refractivity contribution in [1.82, 2.24) is 9.55 Å². The lowest BCUT2D eigenvalue weighted by atomic mass is 10.2. The first-order valence-electron chi connectivity index (χ1n) is 6.29. The van der Waals surface area contributed by atoms with Crippen molar-refractivity contribution in [2.24, 2.45) is 0 Å². The molecule has 0 aliphatic carbocycles. The molecule has 23 heavy (non-hydrogen) atoms. The van der Waals surface area contributed by atoms with Gasteiger partial charge in [-0.25, -0.2) is 4.57 Å². The van der Waals surface area contributed by atoms with Crippen LogP contribution in [0.2, 0.25) is 0 Å². The monoisotopic (exact) mass is 328 g/mol. The van der Waals surface area contributed by atoms with Gasteiger partial charge in [-0.15, -0.1) is 0 Å². The number of carbonyl (C=O) groups excluding carboxylic acids is 1. The highest BCUT2D eigenvalue weighted by molar-refractivity contribution is 5.92. The smallest absolute Gasteiger partial charge is 0.390 e.